The van der Waals surface area contributed by atoms with Gasteiger partial charge in [-0.2, -0.15) is 0 Å². The zero-order valence-corrected chi connectivity index (χ0v) is 16.1. The van der Waals surface area contributed by atoms with E-state index in [1.54, 1.807) is 18.2 Å². The van der Waals surface area contributed by atoms with Crippen LogP contribution in [0, 0.1) is 5.82 Å². The number of amides is 1. The second-order valence-electron chi connectivity index (χ2n) is 5.53. The summed E-state index contributed by atoms with van der Waals surface area (Å²) in [7, 11) is 1.49. The molecule has 1 amide bonds. The molecule has 2 aromatic rings. The summed E-state index contributed by atoms with van der Waals surface area (Å²) in [5, 5.41) is 2.53. The van der Waals surface area contributed by atoms with Crippen molar-refractivity contribution in [2.75, 3.05) is 25.6 Å². The zero-order valence-electron chi connectivity index (χ0n) is 15.3. The molecule has 148 valence electrons. The van der Waals surface area contributed by atoms with Crippen LogP contribution in [0.15, 0.2) is 42.5 Å². The van der Waals surface area contributed by atoms with Crippen molar-refractivity contribution in [1.29, 1.82) is 0 Å². The fourth-order valence-electron chi connectivity index (χ4n) is 2.20. The summed E-state index contributed by atoms with van der Waals surface area (Å²) in [5.74, 6) is -1.30. The minimum absolute atomic E-state index is 0.101. The van der Waals surface area contributed by atoms with Crippen molar-refractivity contribution >= 4 is 35.2 Å². The summed E-state index contributed by atoms with van der Waals surface area (Å²) in [6.07, 6.45) is 3.77. The molecule has 0 aromatic heterocycles. The van der Waals surface area contributed by atoms with Crippen molar-refractivity contribution in [1.82, 2.24) is 0 Å². The van der Waals surface area contributed by atoms with Crippen LogP contribution in [0.1, 0.15) is 12.5 Å². The van der Waals surface area contributed by atoms with Crippen LogP contribution in [0.3, 0.4) is 0 Å². The summed E-state index contributed by atoms with van der Waals surface area (Å²) >= 11 is 5.75. The predicted molar refractivity (Wildman–Crippen MR) is 104 cm³/mol. The average Bonchev–Trinajstić information content (AvgIpc) is 2.68. The van der Waals surface area contributed by atoms with Crippen LogP contribution >= 0.6 is 11.6 Å². The highest BCUT2D eigenvalue weighted by atomic mass is 35.5. The van der Waals surface area contributed by atoms with E-state index in [0.717, 1.165) is 11.6 Å². The van der Waals surface area contributed by atoms with Crippen molar-refractivity contribution in [3.05, 3.63) is 58.9 Å². The molecular formula is C20H19ClFNO5. The Morgan fingerprint density at radius 1 is 1.14 bits per heavy atom. The Hall–Kier alpha value is -3.06. The van der Waals surface area contributed by atoms with Crippen molar-refractivity contribution in [2.45, 2.75) is 6.92 Å². The number of ether oxygens (including phenoxy) is 3. The maximum atomic E-state index is 13.6. The molecule has 0 bridgehead atoms. The van der Waals surface area contributed by atoms with Gasteiger partial charge in [0.2, 0.25) is 0 Å². The minimum Gasteiger partial charge on any atom is -0.493 e. The number of esters is 1. The molecule has 2 aromatic carbocycles. The molecule has 0 aliphatic heterocycles. The molecule has 0 saturated carbocycles. The van der Waals surface area contributed by atoms with Gasteiger partial charge < -0.3 is 19.5 Å². The number of methoxy groups -OCH3 is 1. The molecule has 0 aliphatic rings. The molecule has 8 heteroatoms. The number of rotatable bonds is 8. The highest BCUT2D eigenvalue weighted by Crippen LogP contribution is 2.28. The van der Waals surface area contributed by atoms with Crippen LogP contribution in [0.4, 0.5) is 10.1 Å². The Morgan fingerprint density at radius 3 is 2.64 bits per heavy atom. The largest absolute Gasteiger partial charge is 0.493 e. The third-order valence-electron chi connectivity index (χ3n) is 3.46. The van der Waals surface area contributed by atoms with E-state index in [1.165, 1.54) is 19.2 Å². The van der Waals surface area contributed by atoms with E-state index in [-0.39, 0.29) is 10.7 Å². The van der Waals surface area contributed by atoms with E-state index >= 15 is 0 Å². The van der Waals surface area contributed by atoms with Gasteiger partial charge >= 0.3 is 5.97 Å². The first-order valence-electron chi connectivity index (χ1n) is 8.27. The maximum Gasteiger partial charge on any atom is 0.344 e. The summed E-state index contributed by atoms with van der Waals surface area (Å²) in [5.41, 5.74) is 0.815. The number of halogens is 2. The van der Waals surface area contributed by atoms with Gasteiger partial charge in [-0.1, -0.05) is 29.8 Å². The molecule has 0 saturated heterocycles. The lowest BCUT2D eigenvalue weighted by molar-refractivity contribution is -0.149. The summed E-state index contributed by atoms with van der Waals surface area (Å²) < 4.78 is 29.0. The second-order valence-corrected chi connectivity index (χ2v) is 5.97. The molecule has 0 spiro atoms. The molecule has 0 unspecified atom stereocenters. The standard InChI is InChI=1S/C20H19ClFNO5/c1-3-4-13-5-8-17(18(9-13)26-2)27-12-20(25)28-11-19(24)23-16-10-14(21)6-7-15(16)22/h3-10H,11-12H2,1-2H3,(H,23,24)/b4-3+. The fraction of sp³-hybridized carbons (Fsp3) is 0.200. The van der Waals surface area contributed by atoms with Gasteiger partial charge in [0, 0.05) is 5.02 Å². The molecule has 0 heterocycles. The summed E-state index contributed by atoms with van der Waals surface area (Å²) in [6.45, 7) is 0.882. The van der Waals surface area contributed by atoms with Crippen LogP contribution in [0.25, 0.3) is 6.08 Å². The van der Waals surface area contributed by atoms with Gasteiger partial charge in [-0.25, -0.2) is 9.18 Å². The Balaban J connectivity index is 1.84. The number of carbonyl (C=O) groups excluding carboxylic acids is 2. The normalized spacial score (nSPS) is 10.6. The SMILES string of the molecule is C/C=C/c1ccc(OCC(=O)OCC(=O)Nc2cc(Cl)ccc2F)c(OC)c1. The first-order chi connectivity index (χ1) is 13.4. The van der Waals surface area contributed by atoms with Crippen LogP contribution in [0.5, 0.6) is 11.5 Å². The van der Waals surface area contributed by atoms with Crippen molar-refractivity contribution in [2.24, 2.45) is 0 Å². The first-order valence-corrected chi connectivity index (χ1v) is 8.64. The van der Waals surface area contributed by atoms with E-state index in [9.17, 15) is 14.0 Å². The highest BCUT2D eigenvalue weighted by Gasteiger charge is 2.13. The van der Waals surface area contributed by atoms with Crippen LogP contribution in [0.2, 0.25) is 5.02 Å². The van der Waals surface area contributed by atoms with E-state index < -0.39 is 30.9 Å². The molecule has 0 aliphatic carbocycles. The van der Waals surface area contributed by atoms with E-state index in [2.05, 4.69) is 5.32 Å². The third kappa shape index (κ3) is 6.28. The molecule has 0 atom stereocenters. The number of anilines is 1. The van der Waals surface area contributed by atoms with Gasteiger partial charge in [-0.15, -0.1) is 0 Å². The molecule has 0 fully saturated rings. The van der Waals surface area contributed by atoms with Crippen LogP contribution in [-0.2, 0) is 14.3 Å². The molecule has 1 N–H and O–H groups in total. The van der Waals surface area contributed by atoms with Gasteiger partial charge in [-0.3, -0.25) is 4.79 Å². The Labute approximate surface area is 166 Å². The fourth-order valence-corrected chi connectivity index (χ4v) is 2.38. The Kier molecular flexibility index (Phi) is 7.83. The number of nitrogens with one attached hydrogen (secondary N) is 1. The summed E-state index contributed by atoms with van der Waals surface area (Å²) in [6, 6.07) is 8.94. The summed E-state index contributed by atoms with van der Waals surface area (Å²) in [4.78, 5) is 23.6. The Bertz CT molecular complexity index is 885. The first kappa shape index (κ1) is 21.2. The number of hydrogen-bond acceptors (Lipinski definition) is 5. The highest BCUT2D eigenvalue weighted by molar-refractivity contribution is 6.30. The van der Waals surface area contributed by atoms with Gasteiger partial charge in [0.25, 0.3) is 5.91 Å². The average molecular weight is 408 g/mol. The van der Waals surface area contributed by atoms with Crippen LogP contribution < -0.4 is 14.8 Å². The van der Waals surface area contributed by atoms with Gasteiger partial charge in [0.05, 0.1) is 12.8 Å². The number of allylic oxidation sites excluding steroid dienone is 1. The second kappa shape index (κ2) is 10.3. The molecule has 6 nitrogen and oxygen atoms in total. The number of hydrogen-bond donors (Lipinski definition) is 1. The van der Waals surface area contributed by atoms with Gasteiger partial charge in [0.1, 0.15) is 5.82 Å². The maximum absolute atomic E-state index is 13.6. The predicted octanol–water partition coefficient (Wildman–Crippen LogP) is 4.08. The lowest BCUT2D eigenvalue weighted by Gasteiger charge is -2.11. The van der Waals surface area contributed by atoms with Crippen molar-refractivity contribution in [3.63, 3.8) is 0 Å². The van der Waals surface area contributed by atoms with Gasteiger partial charge in [0.15, 0.2) is 24.7 Å². The monoisotopic (exact) mass is 407 g/mol. The molecule has 2 rings (SSSR count). The zero-order chi connectivity index (χ0) is 20.5. The Morgan fingerprint density at radius 2 is 1.93 bits per heavy atom. The van der Waals surface area contributed by atoms with Crippen molar-refractivity contribution < 1.29 is 28.2 Å². The van der Waals surface area contributed by atoms with Crippen molar-refractivity contribution in [3.8, 4) is 11.5 Å². The molecule has 28 heavy (non-hydrogen) atoms. The third-order valence-corrected chi connectivity index (χ3v) is 3.69. The minimum atomic E-state index is -0.763. The molecule has 0 radical (unpaired) electrons. The quantitative estimate of drug-likeness (QED) is 0.667. The van der Waals surface area contributed by atoms with Gasteiger partial charge in [-0.05, 0) is 42.8 Å². The molecular weight excluding hydrogens is 389 g/mol. The number of benzene rings is 2. The lowest BCUT2D eigenvalue weighted by atomic mass is 10.2. The van der Waals surface area contributed by atoms with E-state index in [0.29, 0.717) is 11.5 Å². The van der Waals surface area contributed by atoms with E-state index in [1.807, 2.05) is 19.1 Å². The van der Waals surface area contributed by atoms with Crippen LogP contribution in [-0.4, -0.2) is 32.2 Å². The lowest BCUT2D eigenvalue weighted by Crippen LogP contribution is -2.24. The van der Waals surface area contributed by atoms with E-state index in [4.69, 9.17) is 25.8 Å². The smallest absolute Gasteiger partial charge is 0.344 e. The number of carbonyl (C=O) groups is 2. The topological polar surface area (TPSA) is 73.9 Å².